The zero-order chi connectivity index (χ0) is 35.3. The monoisotopic (exact) mass is 653 g/mol. The zero-order valence-electron chi connectivity index (χ0n) is 31.2. The van der Waals surface area contributed by atoms with E-state index >= 15 is 0 Å². The van der Waals surface area contributed by atoms with E-state index in [0.717, 1.165) is 28.3 Å². The lowest BCUT2D eigenvalue weighted by Gasteiger charge is -2.24. The van der Waals surface area contributed by atoms with Gasteiger partial charge in [0.15, 0.2) is 0 Å². The van der Waals surface area contributed by atoms with Crippen molar-refractivity contribution in [2.75, 3.05) is 0 Å². The molecule has 0 fully saturated rings. The minimum Gasteiger partial charge on any atom is -0.300 e. The predicted molar refractivity (Wildman–Crippen MR) is 214 cm³/mol. The van der Waals surface area contributed by atoms with Gasteiger partial charge in [0.2, 0.25) is 0 Å². The molecule has 8 aromatic rings. The number of fused-ring (bicyclic) bond motifs is 2. The number of hydrogen-bond acceptors (Lipinski definition) is 2. The Morgan fingerprint density at radius 3 is 1.74 bits per heavy atom. The van der Waals surface area contributed by atoms with Gasteiger partial charge in [-0.25, -0.2) is 9.97 Å². The molecule has 0 aliphatic heterocycles. The van der Waals surface area contributed by atoms with Gasteiger partial charge < -0.3 is 0 Å². The first-order valence-electron chi connectivity index (χ1n) is 17.9. The Labute approximate surface area is 296 Å². The van der Waals surface area contributed by atoms with Crippen molar-refractivity contribution >= 4 is 38.1 Å². The summed E-state index contributed by atoms with van der Waals surface area (Å²) in [4.78, 5) is 10.9. The molecule has 50 heavy (non-hydrogen) atoms. The maximum Gasteiger partial charge on any atom is 0.146 e. The number of pyridine rings is 3. The predicted octanol–water partition coefficient (Wildman–Crippen LogP) is 12.8. The Bertz CT molecular complexity index is 2580. The minimum atomic E-state index is -0.0748. The summed E-state index contributed by atoms with van der Waals surface area (Å²) in [5.41, 5.74) is 13.6. The first-order chi connectivity index (χ1) is 23.6. The minimum absolute atomic E-state index is 0.0221. The highest BCUT2D eigenvalue weighted by molar-refractivity contribution is 6.22. The molecule has 4 heterocycles. The van der Waals surface area contributed by atoms with Gasteiger partial charge in [-0.15, -0.1) is 0 Å². The molecule has 4 aromatic heterocycles. The third-order valence-electron chi connectivity index (χ3n) is 10.5. The second kappa shape index (κ2) is 11.0. The highest BCUT2D eigenvalue weighted by Crippen LogP contribution is 2.43. The molecule has 0 saturated carbocycles. The van der Waals surface area contributed by atoms with Gasteiger partial charge in [-0.1, -0.05) is 117 Å². The summed E-state index contributed by atoms with van der Waals surface area (Å²) >= 11 is 0. The van der Waals surface area contributed by atoms with Gasteiger partial charge in [0, 0.05) is 27.9 Å². The van der Waals surface area contributed by atoms with Crippen LogP contribution >= 0.6 is 0 Å². The van der Waals surface area contributed by atoms with Crippen molar-refractivity contribution in [3.63, 3.8) is 0 Å². The van der Waals surface area contributed by atoms with Gasteiger partial charge in [0.05, 0.1) is 22.6 Å². The van der Waals surface area contributed by atoms with Crippen LogP contribution in [0.2, 0.25) is 0 Å². The largest absolute Gasteiger partial charge is 0.300 e. The molecule has 250 valence electrons. The summed E-state index contributed by atoms with van der Waals surface area (Å²) in [6.45, 7) is 22.9. The second-order valence-corrected chi connectivity index (χ2v) is 17.4. The normalized spacial score (nSPS) is 13.0. The Morgan fingerprint density at radius 2 is 1.04 bits per heavy atom. The molecule has 0 bridgehead atoms. The molecular weight excluding hydrogens is 607 g/mol. The summed E-state index contributed by atoms with van der Waals surface area (Å²) in [7, 11) is 0. The van der Waals surface area contributed by atoms with E-state index in [1.54, 1.807) is 0 Å². The molecule has 0 aliphatic rings. The van der Waals surface area contributed by atoms with Crippen molar-refractivity contribution < 1.29 is 0 Å². The number of aryl methyl sites for hydroxylation is 1. The van der Waals surface area contributed by atoms with Gasteiger partial charge in [-0.2, -0.15) is 0 Å². The van der Waals surface area contributed by atoms with Crippen LogP contribution in [0.4, 0.5) is 0 Å². The van der Waals surface area contributed by atoms with Crippen molar-refractivity contribution in [3.8, 4) is 33.8 Å². The van der Waals surface area contributed by atoms with E-state index in [9.17, 15) is 0 Å². The lowest BCUT2D eigenvalue weighted by Crippen LogP contribution is -2.13. The van der Waals surface area contributed by atoms with Gasteiger partial charge >= 0.3 is 0 Å². The zero-order valence-corrected chi connectivity index (χ0v) is 31.2. The third kappa shape index (κ3) is 5.35. The molecule has 0 unspecified atom stereocenters. The molecule has 0 atom stereocenters. The molecule has 4 aromatic carbocycles. The molecular formula is C47H47N3. The summed E-state index contributed by atoms with van der Waals surface area (Å²) in [6, 6.07) is 35.8. The fourth-order valence-corrected chi connectivity index (χ4v) is 7.39. The average Bonchev–Trinajstić information content (AvgIpc) is 3.42. The summed E-state index contributed by atoms with van der Waals surface area (Å²) in [5.74, 6) is 0. The smallest absolute Gasteiger partial charge is 0.146 e. The number of rotatable bonds is 3. The highest BCUT2D eigenvalue weighted by atomic mass is 15.0. The van der Waals surface area contributed by atoms with E-state index in [-0.39, 0.29) is 16.2 Å². The molecule has 0 spiro atoms. The van der Waals surface area contributed by atoms with E-state index in [0.29, 0.717) is 0 Å². The van der Waals surface area contributed by atoms with Crippen LogP contribution in [0.5, 0.6) is 0 Å². The number of aromatic nitrogens is 3. The molecule has 0 radical (unpaired) electrons. The quantitative estimate of drug-likeness (QED) is 0.140. The summed E-state index contributed by atoms with van der Waals surface area (Å²) < 4.78 is 2.35. The Hall–Kier alpha value is -5.02. The van der Waals surface area contributed by atoms with Crippen LogP contribution < -0.4 is 0 Å². The van der Waals surface area contributed by atoms with E-state index in [1.165, 1.54) is 65.8 Å². The van der Waals surface area contributed by atoms with E-state index in [1.807, 2.05) is 0 Å². The van der Waals surface area contributed by atoms with Crippen LogP contribution in [0.3, 0.4) is 0 Å². The third-order valence-corrected chi connectivity index (χ3v) is 10.5. The van der Waals surface area contributed by atoms with Crippen molar-refractivity contribution in [2.45, 2.75) is 85.5 Å². The Morgan fingerprint density at radius 1 is 0.480 bits per heavy atom. The van der Waals surface area contributed by atoms with Crippen molar-refractivity contribution in [2.24, 2.45) is 0 Å². The lowest BCUT2D eigenvalue weighted by atomic mass is 9.82. The molecule has 8 rings (SSSR count). The lowest BCUT2D eigenvalue weighted by molar-refractivity contribution is 0.590. The molecule has 0 saturated heterocycles. The van der Waals surface area contributed by atoms with Crippen LogP contribution in [0, 0.1) is 6.92 Å². The van der Waals surface area contributed by atoms with Crippen LogP contribution in [0.1, 0.15) is 84.6 Å². The van der Waals surface area contributed by atoms with Crippen LogP contribution in [-0.4, -0.2) is 14.4 Å². The van der Waals surface area contributed by atoms with Gasteiger partial charge in [0.1, 0.15) is 5.65 Å². The second-order valence-electron chi connectivity index (χ2n) is 17.4. The van der Waals surface area contributed by atoms with Gasteiger partial charge in [-0.3, -0.25) is 4.40 Å². The first kappa shape index (κ1) is 32.2. The van der Waals surface area contributed by atoms with E-state index < -0.39 is 0 Å². The van der Waals surface area contributed by atoms with Gasteiger partial charge in [0.25, 0.3) is 0 Å². The Balaban J connectivity index is 1.44. The Kier molecular flexibility index (Phi) is 7.08. The highest BCUT2D eigenvalue weighted by Gasteiger charge is 2.25. The summed E-state index contributed by atoms with van der Waals surface area (Å²) in [5, 5.41) is 6.28. The van der Waals surface area contributed by atoms with Crippen LogP contribution in [0.15, 0.2) is 103 Å². The fourth-order valence-electron chi connectivity index (χ4n) is 7.39. The molecule has 0 aliphatic carbocycles. The van der Waals surface area contributed by atoms with Crippen molar-refractivity contribution in [3.05, 3.63) is 126 Å². The maximum atomic E-state index is 5.53. The van der Waals surface area contributed by atoms with E-state index in [2.05, 4.69) is 177 Å². The SMILES string of the molecule is Cc1cn2c3nc(-c4cc(C(C)(C)C)cc(-c5cccc(-c6ccccc6)c5)n4)cc4cc(C(C)(C)C)cc(c5cc(C(C)(C)C)cc1c52)c43. The van der Waals surface area contributed by atoms with Gasteiger partial charge in [-0.05, 0) is 110 Å². The maximum absolute atomic E-state index is 5.53. The topological polar surface area (TPSA) is 30.2 Å². The van der Waals surface area contributed by atoms with Crippen LogP contribution in [0.25, 0.3) is 71.9 Å². The van der Waals surface area contributed by atoms with Crippen molar-refractivity contribution in [1.82, 2.24) is 14.4 Å². The number of hydrogen-bond donors (Lipinski definition) is 0. The number of nitrogens with zero attached hydrogens (tertiary/aromatic N) is 3. The number of benzene rings is 4. The summed E-state index contributed by atoms with van der Waals surface area (Å²) in [6.07, 6.45) is 2.28. The molecule has 3 heteroatoms. The average molecular weight is 654 g/mol. The molecule has 0 N–H and O–H groups in total. The molecule has 0 amide bonds. The van der Waals surface area contributed by atoms with Crippen LogP contribution in [-0.2, 0) is 16.2 Å². The van der Waals surface area contributed by atoms with Crippen molar-refractivity contribution in [1.29, 1.82) is 0 Å². The standard InChI is InChI=1S/C47H47N3/c1-28-27-50-43-36(28)22-34(46(5,6)7)24-38(43)37-23-33(45(2,3)4)20-32-21-40(49-44(50)42(32)37)41-26-35(47(8,9)10)25-39(48-41)31-18-14-17-30(19-31)29-15-12-11-13-16-29/h11-27H,1-10H3. The fraction of sp³-hybridized carbons (Fsp3) is 0.277. The first-order valence-corrected chi connectivity index (χ1v) is 17.9. The molecule has 3 nitrogen and oxygen atoms in total. The van der Waals surface area contributed by atoms with E-state index in [4.69, 9.17) is 9.97 Å².